The average Bonchev–Trinajstić information content (AvgIpc) is 3.19. The van der Waals surface area contributed by atoms with Crippen LogP contribution in [0.15, 0.2) is 36.5 Å². The number of ether oxygens (including phenoxy) is 1. The molecule has 11 heteroatoms. The van der Waals surface area contributed by atoms with Gasteiger partial charge in [0.1, 0.15) is 17.5 Å². The third-order valence-corrected chi connectivity index (χ3v) is 8.24. The van der Waals surface area contributed by atoms with Crippen LogP contribution >= 0.6 is 0 Å². The van der Waals surface area contributed by atoms with Gasteiger partial charge in [0.05, 0.1) is 6.54 Å². The summed E-state index contributed by atoms with van der Waals surface area (Å²) in [6.07, 6.45) is 1.81. The van der Waals surface area contributed by atoms with Gasteiger partial charge in [-0.25, -0.2) is 5.01 Å². The molecule has 1 saturated carbocycles. The molecule has 1 aliphatic carbocycles. The number of aromatic nitrogens is 1. The Balaban J connectivity index is 1.11. The summed E-state index contributed by atoms with van der Waals surface area (Å²) in [5, 5.41) is 2.23. The van der Waals surface area contributed by atoms with Crippen LogP contribution in [0.3, 0.4) is 0 Å². The second-order valence-electron chi connectivity index (χ2n) is 10.8. The first-order chi connectivity index (χ1) is 18.7. The molecule has 2 atom stereocenters. The molecule has 3 aliphatic heterocycles. The Bertz CT molecular complexity index is 1280. The number of piperidine rings is 1. The van der Waals surface area contributed by atoms with Crippen LogP contribution in [0.4, 0.5) is 13.2 Å². The van der Waals surface area contributed by atoms with E-state index in [1.807, 2.05) is 6.07 Å². The molecule has 0 bridgehead atoms. The lowest BCUT2D eigenvalue weighted by Gasteiger charge is -2.48. The van der Waals surface area contributed by atoms with E-state index in [4.69, 9.17) is 4.74 Å². The minimum atomic E-state index is -4.44. The predicted octanol–water partition coefficient (Wildman–Crippen LogP) is 4.30. The van der Waals surface area contributed by atoms with Gasteiger partial charge in [-0.05, 0) is 61.1 Å². The van der Waals surface area contributed by atoms with Crippen molar-refractivity contribution in [2.75, 3.05) is 13.1 Å². The second kappa shape index (κ2) is 9.93. The molecule has 6 rings (SSSR count). The molecule has 0 unspecified atom stereocenters. The van der Waals surface area contributed by atoms with E-state index >= 15 is 0 Å². The molecule has 3 amide bonds. The van der Waals surface area contributed by atoms with E-state index in [1.165, 1.54) is 17.3 Å². The van der Waals surface area contributed by atoms with Gasteiger partial charge in [0.25, 0.3) is 5.91 Å². The number of fused-ring (bicyclic) bond motifs is 1. The molecule has 0 N–H and O–H groups in total. The Kier molecular flexibility index (Phi) is 6.57. The number of rotatable bonds is 5. The number of pyridine rings is 1. The van der Waals surface area contributed by atoms with Gasteiger partial charge >= 0.3 is 6.18 Å². The monoisotopic (exact) mass is 542 g/mol. The number of hydrogen-bond donors (Lipinski definition) is 0. The zero-order valence-electron chi connectivity index (χ0n) is 21.3. The predicted molar refractivity (Wildman–Crippen MR) is 132 cm³/mol. The van der Waals surface area contributed by atoms with E-state index in [1.54, 1.807) is 12.1 Å². The van der Waals surface area contributed by atoms with Crippen molar-refractivity contribution in [3.05, 3.63) is 58.9 Å². The quantitative estimate of drug-likeness (QED) is 0.524. The summed E-state index contributed by atoms with van der Waals surface area (Å²) in [6.45, 7) is 1.62. The summed E-state index contributed by atoms with van der Waals surface area (Å²) in [6, 6.07) is 8.03. The Labute approximate surface area is 223 Å². The van der Waals surface area contributed by atoms with Crippen molar-refractivity contribution >= 4 is 17.7 Å². The van der Waals surface area contributed by atoms with Crippen molar-refractivity contribution in [2.24, 2.45) is 0 Å². The lowest BCUT2D eigenvalue weighted by atomic mass is 9.84. The Morgan fingerprint density at radius 1 is 0.923 bits per heavy atom. The molecule has 0 radical (unpaired) electrons. The van der Waals surface area contributed by atoms with Gasteiger partial charge in [-0.3, -0.25) is 24.3 Å². The summed E-state index contributed by atoms with van der Waals surface area (Å²) in [5.74, 6) is -0.289. The van der Waals surface area contributed by atoms with E-state index in [0.717, 1.165) is 61.0 Å². The second-order valence-corrected chi connectivity index (χ2v) is 10.8. The van der Waals surface area contributed by atoms with Crippen LogP contribution in [-0.4, -0.2) is 62.9 Å². The van der Waals surface area contributed by atoms with E-state index < -0.39 is 11.9 Å². The smallest absolute Gasteiger partial charge is 0.433 e. The lowest BCUT2D eigenvalue weighted by Crippen LogP contribution is -2.57. The van der Waals surface area contributed by atoms with Crippen molar-refractivity contribution < 1.29 is 32.3 Å². The topological polar surface area (TPSA) is 83.1 Å². The van der Waals surface area contributed by atoms with E-state index in [-0.39, 0.29) is 55.2 Å². The number of hydrogen-bond acceptors (Lipinski definition) is 6. The first kappa shape index (κ1) is 25.8. The molecule has 3 fully saturated rings. The highest BCUT2D eigenvalue weighted by molar-refractivity contribution is 6.04. The van der Waals surface area contributed by atoms with Crippen LogP contribution < -0.4 is 4.74 Å². The molecule has 4 heterocycles. The van der Waals surface area contributed by atoms with Crippen LogP contribution in [0.25, 0.3) is 0 Å². The molecule has 2 saturated heterocycles. The van der Waals surface area contributed by atoms with Gasteiger partial charge in [0, 0.05) is 49.7 Å². The molecule has 0 spiro atoms. The Hall–Kier alpha value is -3.47. The van der Waals surface area contributed by atoms with Crippen molar-refractivity contribution in [1.82, 2.24) is 19.9 Å². The molecule has 8 nitrogen and oxygen atoms in total. The lowest BCUT2D eigenvalue weighted by molar-refractivity contribution is -0.163. The highest BCUT2D eigenvalue weighted by Gasteiger charge is 2.41. The van der Waals surface area contributed by atoms with Crippen molar-refractivity contribution in [3.63, 3.8) is 0 Å². The number of likely N-dealkylation sites (tertiary alicyclic amines) is 1. The fourth-order valence-electron chi connectivity index (χ4n) is 6.14. The van der Waals surface area contributed by atoms with Crippen molar-refractivity contribution in [3.8, 4) is 5.75 Å². The fourth-order valence-corrected chi connectivity index (χ4v) is 6.14. The number of carbonyl (C=O) groups excluding carboxylic acids is 3. The number of halogens is 3. The molecular formula is C28H29F3N4O4. The molecule has 2 aromatic rings. The minimum Gasteiger partial charge on any atom is -0.489 e. The average molecular weight is 543 g/mol. The maximum atomic E-state index is 13.0. The number of nitrogens with zero attached hydrogens (tertiary/aromatic N) is 4. The van der Waals surface area contributed by atoms with Crippen LogP contribution in [0, 0.1) is 0 Å². The number of alkyl halides is 3. The Morgan fingerprint density at radius 3 is 2.36 bits per heavy atom. The third kappa shape index (κ3) is 4.88. The van der Waals surface area contributed by atoms with Gasteiger partial charge < -0.3 is 4.74 Å². The zero-order chi connectivity index (χ0) is 27.3. The first-order valence-corrected chi connectivity index (χ1v) is 13.4. The van der Waals surface area contributed by atoms with Gasteiger partial charge in [0.2, 0.25) is 11.8 Å². The van der Waals surface area contributed by atoms with Gasteiger partial charge in [-0.15, -0.1) is 0 Å². The maximum Gasteiger partial charge on any atom is 0.433 e. The first-order valence-electron chi connectivity index (χ1n) is 13.4. The Morgan fingerprint density at radius 2 is 1.67 bits per heavy atom. The van der Waals surface area contributed by atoms with Crippen LogP contribution in [0.5, 0.6) is 5.75 Å². The summed E-state index contributed by atoms with van der Waals surface area (Å²) in [7, 11) is 0. The van der Waals surface area contributed by atoms with Gasteiger partial charge in [-0.2, -0.15) is 18.2 Å². The fraction of sp³-hybridized carbons (Fsp3) is 0.500. The molecule has 206 valence electrons. The van der Waals surface area contributed by atoms with Gasteiger partial charge in [-0.1, -0.05) is 12.5 Å². The largest absolute Gasteiger partial charge is 0.489 e. The van der Waals surface area contributed by atoms with E-state index in [9.17, 15) is 27.6 Å². The molecular weight excluding hydrogens is 513 g/mol. The SMILES string of the molecule is O=C1c2ccc(O[C@@H]3CCCC[C@H]3N3CC(c4ccc(C(F)(F)F)nc4)C3)cc2CN1N1C(=O)CCCC1=O. The number of amides is 3. The summed E-state index contributed by atoms with van der Waals surface area (Å²) in [4.78, 5) is 43.6. The zero-order valence-corrected chi connectivity index (χ0v) is 21.3. The highest BCUT2D eigenvalue weighted by atomic mass is 19.4. The van der Waals surface area contributed by atoms with Crippen LogP contribution in [0.2, 0.25) is 0 Å². The number of benzene rings is 1. The molecule has 4 aliphatic rings. The summed E-state index contributed by atoms with van der Waals surface area (Å²) < 4.78 is 45.0. The number of hydrazine groups is 1. The van der Waals surface area contributed by atoms with E-state index in [2.05, 4.69) is 9.88 Å². The van der Waals surface area contributed by atoms with Crippen LogP contribution in [0.1, 0.15) is 78.0 Å². The van der Waals surface area contributed by atoms with Crippen LogP contribution in [-0.2, 0) is 22.3 Å². The summed E-state index contributed by atoms with van der Waals surface area (Å²) in [5.41, 5.74) is 1.11. The minimum absolute atomic E-state index is 0.0538. The third-order valence-electron chi connectivity index (χ3n) is 8.24. The van der Waals surface area contributed by atoms with Crippen molar-refractivity contribution in [1.29, 1.82) is 0 Å². The highest BCUT2D eigenvalue weighted by Crippen LogP contribution is 2.37. The molecule has 1 aromatic heterocycles. The van der Waals surface area contributed by atoms with Gasteiger partial charge in [0.15, 0.2) is 0 Å². The standard InChI is InChI=1S/C28H29F3N4O4/c29-28(30,31)24-11-8-17(13-32-24)19-14-33(15-19)22-4-1-2-5-23(22)39-20-9-10-21-18(12-20)16-34(27(21)38)35-25(36)6-3-7-26(35)37/h8-13,19,22-23H,1-7,14-16H2/t22-,23-/m1/s1. The van der Waals surface area contributed by atoms with E-state index in [0.29, 0.717) is 17.7 Å². The maximum absolute atomic E-state index is 13.0. The summed E-state index contributed by atoms with van der Waals surface area (Å²) >= 11 is 0. The van der Waals surface area contributed by atoms with Crippen molar-refractivity contribution in [2.45, 2.75) is 75.7 Å². The number of imide groups is 1. The normalized spacial score (nSPS) is 24.6. The molecule has 1 aromatic carbocycles. The molecule has 39 heavy (non-hydrogen) atoms. The number of carbonyl (C=O) groups is 3.